The predicted molar refractivity (Wildman–Crippen MR) is 37.7 cm³/mol. The van der Waals surface area contributed by atoms with Gasteiger partial charge < -0.3 is 9.84 Å². The van der Waals surface area contributed by atoms with Gasteiger partial charge in [-0.25, -0.2) is 0 Å². The number of aliphatic hydroxyl groups is 1. The molecule has 2 heteroatoms. The molecule has 2 aliphatic rings. The second kappa shape index (κ2) is 1.95. The van der Waals surface area contributed by atoms with Crippen LogP contribution in [0.25, 0.3) is 0 Å². The Labute approximate surface area is 61.2 Å². The van der Waals surface area contributed by atoms with Crippen molar-refractivity contribution < 1.29 is 9.84 Å². The predicted octanol–water partition coefficient (Wildman–Crippen LogP) is 0.936. The van der Waals surface area contributed by atoms with E-state index in [-0.39, 0.29) is 12.7 Å². The Bertz CT molecular complexity index is 140. The molecule has 0 radical (unpaired) electrons. The molecule has 2 rings (SSSR count). The largest absolute Gasteiger partial charge is 0.394 e. The number of hydrogen-bond acceptors (Lipinski definition) is 2. The summed E-state index contributed by atoms with van der Waals surface area (Å²) >= 11 is 0. The molecular formula is C8H14O2. The molecule has 2 nitrogen and oxygen atoms in total. The minimum atomic E-state index is 0.172. The van der Waals surface area contributed by atoms with Gasteiger partial charge in [-0.15, -0.1) is 0 Å². The summed E-state index contributed by atoms with van der Waals surface area (Å²) in [5, 5.41) is 8.73. The van der Waals surface area contributed by atoms with E-state index in [0.717, 1.165) is 0 Å². The summed E-state index contributed by atoms with van der Waals surface area (Å²) in [6.07, 6.45) is 4.47. The van der Waals surface area contributed by atoms with Gasteiger partial charge in [0.1, 0.15) is 6.10 Å². The molecule has 58 valence electrons. The maximum atomic E-state index is 8.73. The number of hydrogen-bond donors (Lipinski definition) is 1. The minimum absolute atomic E-state index is 0.172. The molecular weight excluding hydrogens is 128 g/mol. The van der Waals surface area contributed by atoms with E-state index in [0.29, 0.717) is 11.5 Å². The quantitative estimate of drug-likeness (QED) is 0.582. The van der Waals surface area contributed by atoms with Crippen LogP contribution in [0.4, 0.5) is 0 Å². The second-order valence-corrected chi connectivity index (χ2v) is 3.79. The molecule has 10 heavy (non-hydrogen) atoms. The standard InChI is InChI=1S/C8H14O2/c1-8(3-2-4-8)7-6(5-9)10-7/h6-7,9H,2-5H2,1H3/t6-,7-/m1/s1. The van der Waals surface area contributed by atoms with E-state index in [2.05, 4.69) is 6.92 Å². The summed E-state index contributed by atoms with van der Waals surface area (Å²) in [5.41, 5.74) is 0.424. The number of ether oxygens (including phenoxy) is 1. The van der Waals surface area contributed by atoms with Gasteiger partial charge in [0.25, 0.3) is 0 Å². The SMILES string of the molecule is CC1([C@@H]2O[C@@H]2CO)CCC1. The molecule has 0 aromatic heterocycles. The highest BCUT2D eigenvalue weighted by atomic mass is 16.6. The lowest BCUT2D eigenvalue weighted by molar-refractivity contribution is 0.109. The average Bonchev–Trinajstić information content (AvgIpc) is 2.61. The molecule has 0 aromatic rings. The Morgan fingerprint density at radius 3 is 2.60 bits per heavy atom. The van der Waals surface area contributed by atoms with Crippen molar-refractivity contribution >= 4 is 0 Å². The summed E-state index contributed by atoms with van der Waals surface area (Å²) in [6.45, 7) is 2.47. The van der Waals surface area contributed by atoms with E-state index in [1.807, 2.05) is 0 Å². The van der Waals surface area contributed by atoms with E-state index in [1.54, 1.807) is 0 Å². The van der Waals surface area contributed by atoms with Crippen LogP contribution in [-0.2, 0) is 4.74 Å². The van der Waals surface area contributed by atoms with Crippen LogP contribution in [0, 0.1) is 5.41 Å². The van der Waals surface area contributed by atoms with Gasteiger partial charge in [0.05, 0.1) is 12.7 Å². The van der Waals surface area contributed by atoms with E-state index in [1.165, 1.54) is 19.3 Å². The Morgan fingerprint density at radius 2 is 2.30 bits per heavy atom. The van der Waals surface area contributed by atoms with E-state index >= 15 is 0 Å². The van der Waals surface area contributed by atoms with Crippen molar-refractivity contribution in [2.24, 2.45) is 5.41 Å². The van der Waals surface area contributed by atoms with Gasteiger partial charge in [-0.1, -0.05) is 13.3 Å². The normalized spacial score (nSPS) is 42.6. The molecule has 1 saturated heterocycles. The second-order valence-electron chi connectivity index (χ2n) is 3.79. The first-order valence-corrected chi connectivity index (χ1v) is 4.02. The molecule has 1 saturated carbocycles. The van der Waals surface area contributed by atoms with Crippen LogP contribution in [0.3, 0.4) is 0 Å². The summed E-state index contributed by atoms with van der Waals surface area (Å²) in [7, 11) is 0. The zero-order valence-electron chi connectivity index (χ0n) is 6.34. The fourth-order valence-corrected chi connectivity index (χ4v) is 1.91. The monoisotopic (exact) mass is 142 g/mol. The molecule has 0 amide bonds. The molecule has 1 aliphatic heterocycles. The van der Waals surface area contributed by atoms with Crippen molar-refractivity contribution in [3.05, 3.63) is 0 Å². The third-order valence-electron chi connectivity index (χ3n) is 2.95. The Balaban J connectivity index is 1.90. The van der Waals surface area contributed by atoms with Crippen molar-refractivity contribution in [3.8, 4) is 0 Å². The van der Waals surface area contributed by atoms with Crippen molar-refractivity contribution in [1.82, 2.24) is 0 Å². The van der Waals surface area contributed by atoms with Gasteiger partial charge in [-0.05, 0) is 18.3 Å². The topological polar surface area (TPSA) is 32.8 Å². The first kappa shape index (κ1) is 6.62. The molecule has 0 bridgehead atoms. The van der Waals surface area contributed by atoms with Crippen LogP contribution in [0.15, 0.2) is 0 Å². The smallest absolute Gasteiger partial charge is 0.108 e. The van der Waals surface area contributed by atoms with Gasteiger partial charge in [-0.3, -0.25) is 0 Å². The van der Waals surface area contributed by atoms with Crippen LogP contribution in [0.5, 0.6) is 0 Å². The van der Waals surface area contributed by atoms with Gasteiger partial charge in [0.2, 0.25) is 0 Å². The Morgan fingerprint density at radius 1 is 1.60 bits per heavy atom. The summed E-state index contributed by atoms with van der Waals surface area (Å²) in [6, 6.07) is 0. The molecule has 0 aromatic carbocycles. The Hall–Kier alpha value is -0.0800. The highest BCUT2D eigenvalue weighted by Gasteiger charge is 2.53. The third-order valence-corrected chi connectivity index (χ3v) is 2.95. The van der Waals surface area contributed by atoms with Crippen molar-refractivity contribution in [2.75, 3.05) is 6.61 Å². The zero-order chi connectivity index (χ0) is 7.19. The molecule has 2 atom stereocenters. The highest BCUT2D eigenvalue weighted by Crippen LogP contribution is 2.51. The number of aliphatic hydroxyl groups excluding tert-OH is 1. The van der Waals surface area contributed by atoms with Crippen LogP contribution in [0.2, 0.25) is 0 Å². The molecule has 0 unspecified atom stereocenters. The zero-order valence-corrected chi connectivity index (χ0v) is 6.34. The Kier molecular flexibility index (Phi) is 1.29. The molecule has 0 spiro atoms. The molecule has 2 fully saturated rings. The highest BCUT2D eigenvalue weighted by molar-refractivity contribution is 5.01. The number of epoxide rings is 1. The van der Waals surface area contributed by atoms with Gasteiger partial charge in [0.15, 0.2) is 0 Å². The van der Waals surface area contributed by atoms with Crippen molar-refractivity contribution in [2.45, 2.75) is 38.4 Å². The lowest BCUT2D eigenvalue weighted by Gasteiger charge is -2.37. The third kappa shape index (κ3) is 0.789. The lowest BCUT2D eigenvalue weighted by Crippen LogP contribution is -2.33. The van der Waals surface area contributed by atoms with Crippen LogP contribution >= 0.6 is 0 Å². The molecule has 1 aliphatic carbocycles. The maximum Gasteiger partial charge on any atom is 0.108 e. The van der Waals surface area contributed by atoms with Gasteiger partial charge in [-0.2, -0.15) is 0 Å². The summed E-state index contributed by atoms with van der Waals surface area (Å²) < 4.78 is 5.32. The first-order valence-electron chi connectivity index (χ1n) is 4.02. The fourth-order valence-electron chi connectivity index (χ4n) is 1.91. The van der Waals surface area contributed by atoms with E-state index in [9.17, 15) is 0 Å². The van der Waals surface area contributed by atoms with Crippen LogP contribution in [-0.4, -0.2) is 23.9 Å². The van der Waals surface area contributed by atoms with E-state index in [4.69, 9.17) is 9.84 Å². The molecule has 1 heterocycles. The van der Waals surface area contributed by atoms with Crippen LogP contribution in [0.1, 0.15) is 26.2 Å². The fraction of sp³-hybridized carbons (Fsp3) is 1.00. The summed E-state index contributed by atoms with van der Waals surface area (Å²) in [5.74, 6) is 0. The van der Waals surface area contributed by atoms with Gasteiger partial charge in [0, 0.05) is 0 Å². The minimum Gasteiger partial charge on any atom is -0.394 e. The lowest BCUT2D eigenvalue weighted by atomic mass is 9.67. The van der Waals surface area contributed by atoms with Crippen molar-refractivity contribution in [1.29, 1.82) is 0 Å². The van der Waals surface area contributed by atoms with E-state index < -0.39 is 0 Å². The number of rotatable bonds is 2. The average molecular weight is 142 g/mol. The summed E-state index contributed by atoms with van der Waals surface area (Å²) in [4.78, 5) is 0. The van der Waals surface area contributed by atoms with Crippen molar-refractivity contribution in [3.63, 3.8) is 0 Å². The van der Waals surface area contributed by atoms with Crippen LogP contribution < -0.4 is 0 Å². The maximum absolute atomic E-state index is 8.73. The van der Waals surface area contributed by atoms with Gasteiger partial charge >= 0.3 is 0 Å². The molecule has 1 N–H and O–H groups in total. The first-order chi connectivity index (χ1) is 4.76.